The maximum atomic E-state index is 12.9. The first-order chi connectivity index (χ1) is 14.2. The summed E-state index contributed by atoms with van der Waals surface area (Å²) in [5, 5.41) is 0. The van der Waals surface area contributed by atoms with Crippen molar-refractivity contribution in [2.75, 3.05) is 40.3 Å². The van der Waals surface area contributed by atoms with Gasteiger partial charge in [0.1, 0.15) is 5.69 Å². The molecule has 0 bridgehead atoms. The molecular weight excluding hydrogens is 418 g/mol. The Morgan fingerprint density at radius 2 is 1.37 bits per heavy atom. The minimum atomic E-state index is -4.19. The highest BCUT2D eigenvalue weighted by molar-refractivity contribution is 7.92. The number of esters is 2. The van der Waals surface area contributed by atoms with Crippen LogP contribution in [-0.4, -0.2) is 55.9 Å². The molecule has 0 amide bonds. The lowest BCUT2D eigenvalue weighted by Crippen LogP contribution is -2.18. The van der Waals surface area contributed by atoms with Crippen molar-refractivity contribution in [3.05, 3.63) is 41.5 Å². The van der Waals surface area contributed by atoms with Gasteiger partial charge in [0.25, 0.3) is 10.0 Å². The van der Waals surface area contributed by atoms with E-state index >= 15 is 0 Å². The van der Waals surface area contributed by atoms with Crippen LogP contribution >= 0.6 is 0 Å². The van der Waals surface area contributed by atoms with Gasteiger partial charge >= 0.3 is 11.9 Å². The second kappa shape index (κ2) is 9.35. The summed E-state index contributed by atoms with van der Waals surface area (Å²) in [4.78, 5) is 23.7. The zero-order valence-corrected chi connectivity index (χ0v) is 17.8. The average Bonchev–Trinajstić information content (AvgIpc) is 2.77. The van der Waals surface area contributed by atoms with Crippen LogP contribution in [0.4, 0.5) is 5.69 Å². The van der Waals surface area contributed by atoms with E-state index in [4.69, 9.17) is 18.9 Å². The van der Waals surface area contributed by atoms with Gasteiger partial charge in [-0.05, 0) is 24.3 Å². The van der Waals surface area contributed by atoms with Crippen LogP contribution in [0.15, 0.2) is 35.2 Å². The van der Waals surface area contributed by atoms with Crippen LogP contribution in [0.3, 0.4) is 0 Å². The van der Waals surface area contributed by atoms with Crippen molar-refractivity contribution in [1.29, 1.82) is 0 Å². The first kappa shape index (κ1) is 22.8. The summed E-state index contributed by atoms with van der Waals surface area (Å²) in [6.07, 6.45) is 0. The summed E-state index contributed by atoms with van der Waals surface area (Å²) in [5.41, 5.74) is -0.170. The van der Waals surface area contributed by atoms with Crippen LogP contribution in [0.5, 0.6) is 17.2 Å². The van der Waals surface area contributed by atoms with Gasteiger partial charge in [0.15, 0.2) is 11.5 Å². The fourth-order valence-electron chi connectivity index (χ4n) is 2.61. The number of hydrogen-bond donors (Lipinski definition) is 1. The molecule has 0 aliphatic carbocycles. The summed E-state index contributed by atoms with van der Waals surface area (Å²) in [6, 6.07) is 6.31. The smallest absolute Gasteiger partial charge is 0.340 e. The molecule has 2 aromatic rings. The van der Waals surface area contributed by atoms with Crippen molar-refractivity contribution < 1.29 is 41.7 Å². The molecule has 0 atom stereocenters. The molecule has 0 heterocycles. The molecule has 162 valence electrons. The predicted molar refractivity (Wildman–Crippen MR) is 106 cm³/mol. The third-order valence-electron chi connectivity index (χ3n) is 4.06. The topological polar surface area (TPSA) is 126 Å². The molecule has 10 nitrogen and oxygen atoms in total. The molecule has 30 heavy (non-hydrogen) atoms. The van der Waals surface area contributed by atoms with E-state index in [2.05, 4.69) is 9.46 Å². The van der Waals surface area contributed by atoms with Crippen molar-refractivity contribution in [1.82, 2.24) is 0 Å². The van der Waals surface area contributed by atoms with Crippen LogP contribution in [-0.2, 0) is 19.5 Å². The zero-order chi connectivity index (χ0) is 22.5. The number of anilines is 1. The van der Waals surface area contributed by atoms with Gasteiger partial charge in [-0.25, -0.2) is 18.0 Å². The number of carbonyl (C=O) groups is 2. The maximum absolute atomic E-state index is 12.9. The minimum Gasteiger partial charge on any atom is -0.493 e. The zero-order valence-electron chi connectivity index (χ0n) is 17.0. The Morgan fingerprint density at radius 1 is 0.800 bits per heavy atom. The normalized spacial score (nSPS) is 10.7. The standard InChI is InChI=1S/C19H21NO9S/c1-25-14-10-13(19(22)29-5)15(17(27-3)16(14)26-2)20-30(23,24)12-8-6-11(7-9-12)18(21)28-4/h6-10,20H,1-5H3. The largest absolute Gasteiger partial charge is 0.493 e. The van der Waals surface area contributed by atoms with Crippen molar-refractivity contribution >= 4 is 27.6 Å². The minimum absolute atomic E-state index is 0.0754. The summed E-state index contributed by atoms with van der Waals surface area (Å²) in [6.45, 7) is 0. The van der Waals surface area contributed by atoms with Gasteiger partial charge in [0.05, 0.1) is 51.6 Å². The fraction of sp³-hybridized carbons (Fsp3) is 0.263. The molecule has 0 unspecified atom stereocenters. The van der Waals surface area contributed by atoms with Crippen LogP contribution in [0.2, 0.25) is 0 Å². The molecule has 0 aliphatic rings. The predicted octanol–water partition coefficient (Wildman–Crippen LogP) is 2.09. The van der Waals surface area contributed by atoms with Crippen LogP contribution in [0, 0.1) is 0 Å². The van der Waals surface area contributed by atoms with Crippen molar-refractivity contribution in [3.8, 4) is 17.2 Å². The van der Waals surface area contributed by atoms with E-state index in [-0.39, 0.29) is 39.0 Å². The Kier molecular flexibility index (Phi) is 7.11. The van der Waals surface area contributed by atoms with Crippen molar-refractivity contribution in [3.63, 3.8) is 0 Å². The van der Waals surface area contributed by atoms with E-state index in [0.29, 0.717) is 0 Å². The fourth-order valence-corrected chi connectivity index (χ4v) is 3.69. The molecule has 2 rings (SSSR count). The van der Waals surface area contributed by atoms with Gasteiger partial charge in [0.2, 0.25) is 5.75 Å². The summed E-state index contributed by atoms with van der Waals surface area (Å²) in [5.74, 6) is -1.30. The Balaban J connectivity index is 2.62. The number of rotatable bonds is 8. The van der Waals surface area contributed by atoms with E-state index in [0.717, 1.165) is 7.11 Å². The molecule has 1 N–H and O–H groups in total. The molecular formula is C19H21NO9S. The molecule has 0 aliphatic heterocycles. The first-order valence-electron chi connectivity index (χ1n) is 8.36. The van der Waals surface area contributed by atoms with Crippen LogP contribution in [0.25, 0.3) is 0 Å². The number of nitrogens with one attached hydrogen (secondary N) is 1. The molecule has 0 saturated carbocycles. The number of benzene rings is 2. The van der Waals surface area contributed by atoms with Gasteiger partial charge < -0.3 is 23.7 Å². The lowest BCUT2D eigenvalue weighted by Gasteiger charge is -2.19. The first-order valence-corrected chi connectivity index (χ1v) is 9.84. The molecule has 2 aromatic carbocycles. The Bertz CT molecular complexity index is 1050. The second-order valence-electron chi connectivity index (χ2n) is 5.68. The van der Waals surface area contributed by atoms with Gasteiger partial charge in [-0.3, -0.25) is 4.72 Å². The molecule has 0 fully saturated rings. The van der Waals surface area contributed by atoms with Gasteiger partial charge in [-0.1, -0.05) is 0 Å². The summed E-state index contributed by atoms with van der Waals surface area (Å²) >= 11 is 0. The lowest BCUT2D eigenvalue weighted by molar-refractivity contribution is 0.0592. The highest BCUT2D eigenvalue weighted by Gasteiger charge is 2.28. The van der Waals surface area contributed by atoms with E-state index in [1.165, 1.54) is 58.8 Å². The number of methoxy groups -OCH3 is 5. The monoisotopic (exact) mass is 439 g/mol. The number of carbonyl (C=O) groups excluding carboxylic acids is 2. The SMILES string of the molecule is COC(=O)c1ccc(S(=O)(=O)Nc2c(C(=O)OC)cc(OC)c(OC)c2OC)cc1. The summed E-state index contributed by atoms with van der Waals surface area (Å²) in [7, 11) is 2.14. The molecule has 0 aromatic heterocycles. The van der Waals surface area contributed by atoms with Gasteiger partial charge in [0, 0.05) is 6.07 Å². The summed E-state index contributed by atoms with van der Waals surface area (Å²) < 4.78 is 53.3. The molecule has 0 spiro atoms. The molecule has 0 radical (unpaired) electrons. The van der Waals surface area contributed by atoms with Gasteiger partial charge in [-0.2, -0.15) is 0 Å². The number of hydrogen-bond acceptors (Lipinski definition) is 9. The Labute approximate surface area is 173 Å². The third kappa shape index (κ3) is 4.40. The quantitative estimate of drug-likeness (QED) is 0.615. The number of ether oxygens (including phenoxy) is 5. The van der Waals surface area contributed by atoms with Crippen LogP contribution < -0.4 is 18.9 Å². The van der Waals surface area contributed by atoms with Crippen molar-refractivity contribution in [2.24, 2.45) is 0 Å². The Morgan fingerprint density at radius 3 is 1.83 bits per heavy atom. The highest BCUT2D eigenvalue weighted by Crippen LogP contribution is 2.46. The van der Waals surface area contributed by atoms with Crippen LogP contribution in [0.1, 0.15) is 20.7 Å². The van der Waals surface area contributed by atoms with Crippen molar-refractivity contribution in [2.45, 2.75) is 4.90 Å². The van der Waals surface area contributed by atoms with E-state index in [1.807, 2.05) is 0 Å². The lowest BCUT2D eigenvalue weighted by atomic mass is 10.1. The van der Waals surface area contributed by atoms with E-state index < -0.39 is 22.0 Å². The molecule has 11 heteroatoms. The van der Waals surface area contributed by atoms with E-state index in [1.54, 1.807) is 0 Å². The number of sulfonamides is 1. The third-order valence-corrected chi connectivity index (χ3v) is 5.42. The molecule has 0 saturated heterocycles. The highest BCUT2D eigenvalue weighted by atomic mass is 32.2. The second-order valence-corrected chi connectivity index (χ2v) is 7.36. The Hall–Kier alpha value is -3.47. The average molecular weight is 439 g/mol. The van der Waals surface area contributed by atoms with E-state index in [9.17, 15) is 18.0 Å². The van der Waals surface area contributed by atoms with Gasteiger partial charge in [-0.15, -0.1) is 0 Å². The maximum Gasteiger partial charge on any atom is 0.340 e.